The van der Waals surface area contributed by atoms with Crippen molar-refractivity contribution < 1.29 is 56.0 Å². The van der Waals surface area contributed by atoms with E-state index in [1.165, 1.54) is 0 Å². The maximum Gasteiger partial charge on any atom is 0.192 e. The first-order chi connectivity index (χ1) is 34.6. The minimum atomic E-state index is -2.00. The highest BCUT2D eigenvalue weighted by atomic mass is 28.4. The number of aldehydes is 1. The van der Waals surface area contributed by atoms with Crippen LogP contribution in [-0.4, -0.2) is 142 Å². The van der Waals surface area contributed by atoms with Gasteiger partial charge in [-0.25, -0.2) is 0 Å². The number of carbonyl (C=O) groups is 1. The van der Waals surface area contributed by atoms with Crippen LogP contribution in [0.15, 0.2) is 37.0 Å². The predicted molar refractivity (Wildman–Crippen MR) is 292 cm³/mol. The molecule has 18 atom stereocenters. The van der Waals surface area contributed by atoms with E-state index in [4.69, 9.17) is 51.2 Å². The Bertz CT molecular complexity index is 1750. The van der Waals surface area contributed by atoms with Crippen molar-refractivity contribution >= 4 is 31.2 Å². The monoisotopic (exact) mass is 1060 g/mol. The summed E-state index contributed by atoms with van der Waals surface area (Å²) in [4.78, 5) is 12.3. The molecule has 0 radical (unpaired) electrons. The van der Waals surface area contributed by atoms with E-state index < -0.39 is 30.7 Å². The zero-order valence-corrected chi connectivity index (χ0v) is 49.8. The lowest BCUT2D eigenvalue weighted by Crippen LogP contribution is -2.62. The van der Waals surface area contributed by atoms with E-state index in [9.17, 15) is 4.79 Å². The van der Waals surface area contributed by atoms with E-state index in [-0.39, 0.29) is 103 Å². The van der Waals surface area contributed by atoms with E-state index in [0.717, 1.165) is 104 Å². The van der Waals surface area contributed by atoms with Crippen molar-refractivity contribution in [1.82, 2.24) is 0 Å². The van der Waals surface area contributed by atoms with Gasteiger partial charge in [0.1, 0.15) is 36.8 Å². The summed E-state index contributed by atoms with van der Waals surface area (Å²) in [7, 11) is -4.07. The van der Waals surface area contributed by atoms with Crippen LogP contribution >= 0.6 is 0 Å². The van der Waals surface area contributed by atoms with Crippen molar-refractivity contribution in [2.45, 2.75) is 292 Å². The van der Waals surface area contributed by atoms with E-state index in [1.54, 1.807) is 7.11 Å². The first kappa shape index (κ1) is 58.8. The van der Waals surface area contributed by atoms with Gasteiger partial charge >= 0.3 is 0 Å². The highest BCUT2D eigenvalue weighted by molar-refractivity contribution is 6.74. The quantitative estimate of drug-likeness (QED) is 0.0374. The van der Waals surface area contributed by atoms with Crippen molar-refractivity contribution in [2.75, 3.05) is 13.7 Å². The van der Waals surface area contributed by atoms with Crippen LogP contribution in [0.1, 0.15) is 140 Å². The third-order valence-corrected chi connectivity index (χ3v) is 33.6. The second kappa shape index (κ2) is 25.7. The first-order valence-corrected chi connectivity index (χ1v) is 36.8. The summed E-state index contributed by atoms with van der Waals surface area (Å²) in [6.45, 7) is 36.6. The molecule has 6 bridgehead atoms. The van der Waals surface area contributed by atoms with Crippen LogP contribution in [0.3, 0.4) is 0 Å². The Kier molecular flexibility index (Phi) is 21.0. The number of methoxy groups -OCH3 is 1. The smallest absolute Gasteiger partial charge is 0.192 e. The van der Waals surface area contributed by atoms with Crippen molar-refractivity contribution in [3.05, 3.63) is 37.0 Å². The van der Waals surface area contributed by atoms with Crippen LogP contribution in [0.2, 0.25) is 54.4 Å². The van der Waals surface area contributed by atoms with Gasteiger partial charge in [-0.3, -0.25) is 0 Å². The van der Waals surface area contributed by atoms with Crippen molar-refractivity contribution in [1.29, 1.82) is 0 Å². The molecule has 0 spiro atoms. The molecule has 8 saturated heterocycles. The summed E-state index contributed by atoms with van der Waals surface area (Å²) in [5.41, 5.74) is 2.25. The maximum absolute atomic E-state index is 12.3. The fraction of sp³-hybridized carbons (Fsp3) is 0.877. The van der Waals surface area contributed by atoms with Crippen molar-refractivity contribution in [2.24, 2.45) is 11.8 Å². The fourth-order valence-corrected chi connectivity index (χ4v) is 22.5. The van der Waals surface area contributed by atoms with Gasteiger partial charge in [-0.05, 0) is 110 Å². The van der Waals surface area contributed by atoms with Gasteiger partial charge in [0.15, 0.2) is 30.7 Å². The standard InChI is InChI=1S/C57H100O12Si3/c1-15-25-46-53(69-72(22-8,23-9)24-10)56-55-54(64-46)52-50(65-55)36-57(66-52,67-56)30-28-42-33-39(12)45(61-42)27-26-41-32-38(11)40(13)47(62-41)35-48-44(29-31-58)51(59-14)49(63-48)34-43(68-71(19-5,20-6)21-7)37-60-70(16-2,17-3)18-4/h15,31,38,41-56H,1,12-13,16-30,32-37H2,2-11,14H3/t38-,41+,42?,43?,44?,45+,46?,47?,48?,49?,50-,51-,52+,53?,54+,55-,56+,57+/m1/s1. The zero-order chi connectivity index (χ0) is 52.0. The van der Waals surface area contributed by atoms with Crippen LogP contribution in [0.25, 0.3) is 0 Å². The molecule has 15 heteroatoms. The Morgan fingerprint density at radius 2 is 1.33 bits per heavy atom. The lowest BCUT2D eigenvalue weighted by atomic mass is 9.82. The molecule has 72 heavy (non-hydrogen) atoms. The lowest BCUT2D eigenvalue weighted by molar-refractivity contribution is -0.271. The van der Waals surface area contributed by atoms with Gasteiger partial charge < -0.3 is 56.0 Å². The van der Waals surface area contributed by atoms with Crippen LogP contribution in [-0.2, 0) is 56.0 Å². The molecule has 8 fully saturated rings. The summed E-state index contributed by atoms with van der Waals surface area (Å²) >= 11 is 0. The molecule has 8 unspecified atom stereocenters. The fourth-order valence-electron chi connectivity index (χ4n) is 14.2. The molecule has 0 aromatic heterocycles. The van der Waals surface area contributed by atoms with E-state index >= 15 is 0 Å². The maximum atomic E-state index is 12.3. The van der Waals surface area contributed by atoms with Crippen molar-refractivity contribution in [3.63, 3.8) is 0 Å². The van der Waals surface area contributed by atoms with Gasteiger partial charge in [-0.15, -0.1) is 6.58 Å². The number of hydrogen-bond acceptors (Lipinski definition) is 12. The first-order valence-electron chi connectivity index (χ1n) is 29.2. The van der Waals surface area contributed by atoms with Gasteiger partial charge in [0.25, 0.3) is 0 Å². The van der Waals surface area contributed by atoms with Crippen LogP contribution < -0.4 is 0 Å². The molecule has 8 aliphatic rings. The Morgan fingerprint density at radius 1 is 0.694 bits per heavy atom. The molecule has 0 aliphatic carbocycles. The van der Waals surface area contributed by atoms with E-state index in [0.29, 0.717) is 45.1 Å². The molecule has 8 rings (SSSR count). The summed E-state index contributed by atoms with van der Waals surface area (Å²) in [6, 6.07) is 9.65. The van der Waals surface area contributed by atoms with Crippen molar-refractivity contribution in [3.8, 4) is 0 Å². The van der Waals surface area contributed by atoms with Gasteiger partial charge in [-0.2, -0.15) is 0 Å². The predicted octanol–water partition coefficient (Wildman–Crippen LogP) is 12.2. The van der Waals surface area contributed by atoms with Gasteiger partial charge in [0.2, 0.25) is 0 Å². The van der Waals surface area contributed by atoms with Crippen LogP contribution in [0.5, 0.6) is 0 Å². The molecule has 0 N–H and O–H groups in total. The summed E-state index contributed by atoms with van der Waals surface area (Å²) < 4.78 is 76.3. The molecule has 0 aromatic carbocycles. The van der Waals surface area contributed by atoms with Gasteiger partial charge in [0, 0.05) is 45.1 Å². The average molecular weight is 1060 g/mol. The Morgan fingerprint density at radius 3 is 1.96 bits per heavy atom. The Labute approximate surface area is 439 Å². The SMILES string of the molecule is C=CCC1O[C@H]2[C@H]3O[C@]4(CCC5CC(=C)[C@H](CC[C@H]6C[C@@H](C)C(=C)C(CC7OC(CC(CO[Si](CC)(CC)CC)O[Si](CC)(CC)CC)[C@H](OC)C7CC=O)O6)O5)C[C@H]3O[C@H]2[C@@H](O4)C1O[Si](CC)(CC)CC. The van der Waals surface area contributed by atoms with E-state index in [1.807, 2.05) is 6.08 Å². The third kappa shape index (κ3) is 12.5. The molecule has 0 saturated carbocycles. The lowest BCUT2D eigenvalue weighted by Gasteiger charge is -2.47. The molecular formula is C57H100O12Si3. The molecular weight excluding hydrogens is 961 g/mol. The Hall–Kier alpha value is -0.899. The average Bonchev–Trinajstić information content (AvgIpc) is 4.08. The second-order valence-corrected chi connectivity index (χ2v) is 37.3. The summed E-state index contributed by atoms with van der Waals surface area (Å²) in [5.74, 6) is -0.573. The zero-order valence-electron chi connectivity index (χ0n) is 46.8. The molecule has 8 aliphatic heterocycles. The summed E-state index contributed by atoms with van der Waals surface area (Å²) in [5, 5.41) is 0. The number of hydrogen-bond donors (Lipinski definition) is 0. The normalized spacial score (nSPS) is 38.2. The molecule has 0 aromatic rings. The van der Waals surface area contributed by atoms with Crippen LogP contribution in [0, 0.1) is 11.8 Å². The highest BCUT2D eigenvalue weighted by Crippen LogP contribution is 2.54. The molecule has 412 valence electrons. The summed E-state index contributed by atoms with van der Waals surface area (Å²) in [6.07, 6.45) is 8.89. The number of rotatable bonds is 31. The van der Waals surface area contributed by atoms with E-state index in [2.05, 4.69) is 89.0 Å². The highest BCUT2D eigenvalue weighted by Gasteiger charge is 2.68. The molecule has 12 nitrogen and oxygen atoms in total. The molecule has 8 heterocycles. The van der Waals surface area contributed by atoms with Gasteiger partial charge in [0.05, 0.1) is 67.6 Å². The number of ether oxygens (including phenoxy) is 8. The third-order valence-electron chi connectivity index (χ3n) is 19.6. The van der Waals surface area contributed by atoms with Gasteiger partial charge in [-0.1, -0.05) is 88.5 Å². The van der Waals surface area contributed by atoms with Crippen LogP contribution in [0.4, 0.5) is 0 Å². The largest absolute Gasteiger partial charge is 0.414 e. The molecule has 0 amide bonds. The minimum Gasteiger partial charge on any atom is -0.414 e. The second-order valence-electron chi connectivity index (χ2n) is 23.1. The Balaban J connectivity index is 0.962. The minimum absolute atomic E-state index is 0.0317. The topological polar surface area (TPSA) is 119 Å². The number of carbonyl (C=O) groups excluding carboxylic acids is 1.